The first-order chi connectivity index (χ1) is 35.0. The monoisotopic (exact) mass is 1000 g/mol. The summed E-state index contributed by atoms with van der Waals surface area (Å²) >= 11 is 0. The van der Waals surface area contributed by atoms with E-state index in [0.717, 1.165) is 38.5 Å². The summed E-state index contributed by atoms with van der Waals surface area (Å²) in [6, 6.07) is -0.548. The Kier molecular flexibility index (Phi) is 59.9. The Bertz CT molecular complexity index is 1060. The Balaban J connectivity index is 3.43. The van der Waals surface area contributed by atoms with Crippen molar-refractivity contribution in [3.63, 3.8) is 0 Å². The molecule has 1 amide bonds. The lowest BCUT2D eigenvalue weighted by Gasteiger charge is -2.22. The van der Waals surface area contributed by atoms with Crippen LogP contribution in [0.25, 0.3) is 0 Å². The van der Waals surface area contributed by atoms with Crippen LogP contribution in [0.4, 0.5) is 0 Å². The molecular formula is C65H127NO5. The molecule has 0 fully saturated rings. The molecule has 71 heavy (non-hydrogen) atoms. The minimum atomic E-state index is -0.670. The van der Waals surface area contributed by atoms with Crippen LogP contribution in [0, 0.1) is 0 Å². The van der Waals surface area contributed by atoms with Crippen molar-refractivity contribution in [1.29, 1.82) is 0 Å². The normalized spacial score (nSPS) is 12.6. The third-order valence-corrected chi connectivity index (χ3v) is 15.3. The van der Waals surface area contributed by atoms with Gasteiger partial charge in [-0.05, 0) is 51.4 Å². The number of carbonyl (C=O) groups is 2. The molecule has 0 heterocycles. The number of aliphatic hydroxyl groups excluding tert-OH is 2. The van der Waals surface area contributed by atoms with E-state index in [1.807, 2.05) is 0 Å². The average molecular weight is 1000 g/mol. The molecule has 0 aromatic carbocycles. The van der Waals surface area contributed by atoms with E-state index in [2.05, 4.69) is 31.3 Å². The maximum atomic E-state index is 12.5. The van der Waals surface area contributed by atoms with E-state index in [4.69, 9.17) is 4.74 Å². The third-order valence-electron chi connectivity index (χ3n) is 15.3. The summed E-state index contributed by atoms with van der Waals surface area (Å²) in [4.78, 5) is 24.5. The van der Waals surface area contributed by atoms with Gasteiger partial charge in [0.05, 0.1) is 25.4 Å². The lowest BCUT2D eigenvalue weighted by Crippen LogP contribution is -2.45. The molecule has 0 spiro atoms. The number of hydrogen-bond donors (Lipinski definition) is 3. The highest BCUT2D eigenvalue weighted by Gasteiger charge is 2.20. The predicted molar refractivity (Wildman–Crippen MR) is 310 cm³/mol. The number of aliphatic hydroxyl groups is 2. The summed E-state index contributed by atoms with van der Waals surface area (Å²) in [5, 5.41) is 23.4. The molecule has 0 aromatic rings. The van der Waals surface area contributed by atoms with Crippen LogP contribution < -0.4 is 5.32 Å². The Morgan fingerprint density at radius 1 is 0.380 bits per heavy atom. The molecule has 422 valence electrons. The molecule has 0 rings (SSSR count). The second-order valence-electron chi connectivity index (χ2n) is 22.5. The van der Waals surface area contributed by atoms with Gasteiger partial charge in [-0.1, -0.05) is 315 Å². The highest BCUT2D eigenvalue weighted by molar-refractivity contribution is 5.76. The molecule has 0 bridgehead atoms. The molecule has 2 atom stereocenters. The smallest absolute Gasteiger partial charge is 0.305 e. The molecule has 0 aliphatic carbocycles. The largest absolute Gasteiger partial charge is 0.466 e. The number of unbranched alkanes of at least 4 members (excludes halogenated alkanes) is 48. The van der Waals surface area contributed by atoms with Gasteiger partial charge in [0.1, 0.15) is 0 Å². The second kappa shape index (κ2) is 61.1. The molecular weight excluding hydrogens is 875 g/mol. The Morgan fingerprint density at radius 2 is 0.662 bits per heavy atom. The summed E-state index contributed by atoms with van der Waals surface area (Å²) < 4.78 is 5.47. The second-order valence-corrected chi connectivity index (χ2v) is 22.5. The van der Waals surface area contributed by atoms with Crippen LogP contribution in [0.1, 0.15) is 367 Å². The van der Waals surface area contributed by atoms with Crippen molar-refractivity contribution in [2.24, 2.45) is 0 Å². The summed E-state index contributed by atoms with van der Waals surface area (Å²) in [6.45, 7) is 4.98. The van der Waals surface area contributed by atoms with Crippen LogP contribution in [-0.4, -0.2) is 47.4 Å². The van der Waals surface area contributed by atoms with Gasteiger partial charge >= 0.3 is 5.97 Å². The van der Waals surface area contributed by atoms with E-state index >= 15 is 0 Å². The van der Waals surface area contributed by atoms with Crippen molar-refractivity contribution in [2.45, 2.75) is 379 Å². The number of ether oxygens (including phenoxy) is 1. The van der Waals surface area contributed by atoms with Gasteiger partial charge in [-0.3, -0.25) is 9.59 Å². The number of allylic oxidation sites excluding steroid dienone is 2. The quantitative estimate of drug-likeness (QED) is 0.0320. The fraction of sp³-hybridized carbons (Fsp3) is 0.938. The molecule has 0 aliphatic heterocycles. The number of amides is 1. The maximum absolute atomic E-state index is 12.5. The highest BCUT2D eigenvalue weighted by atomic mass is 16.5. The number of rotatable bonds is 61. The van der Waals surface area contributed by atoms with Crippen molar-refractivity contribution in [1.82, 2.24) is 5.32 Å². The Morgan fingerprint density at radius 3 is 1.00 bits per heavy atom. The first kappa shape index (κ1) is 69.6. The first-order valence-corrected chi connectivity index (χ1v) is 32.4. The van der Waals surface area contributed by atoms with Crippen LogP contribution in [0.3, 0.4) is 0 Å². The summed E-state index contributed by atoms with van der Waals surface area (Å²) in [5.74, 6) is -0.0313. The van der Waals surface area contributed by atoms with Gasteiger partial charge < -0.3 is 20.3 Å². The molecule has 6 nitrogen and oxygen atoms in total. The zero-order valence-electron chi connectivity index (χ0n) is 48.2. The number of esters is 1. The van der Waals surface area contributed by atoms with Crippen molar-refractivity contribution in [3.05, 3.63) is 12.2 Å². The van der Waals surface area contributed by atoms with Crippen molar-refractivity contribution >= 4 is 11.9 Å². The third kappa shape index (κ3) is 57.7. The maximum Gasteiger partial charge on any atom is 0.305 e. The fourth-order valence-corrected chi connectivity index (χ4v) is 10.3. The van der Waals surface area contributed by atoms with Gasteiger partial charge in [0.15, 0.2) is 0 Å². The minimum absolute atomic E-state index is 0.00792. The predicted octanol–water partition coefficient (Wildman–Crippen LogP) is 20.4. The van der Waals surface area contributed by atoms with E-state index in [1.54, 1.807) is 0 Å². The highest BCUT2D eigenvalue weighted by Crippen LogP contribution is 2.18. The SMILES string of the molecule is CCCCCCCCCCCCCCCCCCCCCCCCC(O)C(CO)NC(=O)CCCCCCCCC/C=C\CCCCCCCCCCCOC(=O)CCCCCCCCCCCCCC. The molecule has 0 aromatic heterocycles. The fourth-order valence-electron chi connectivity index (χ4n) is 10.3. The van der Waals surface area contributed by atoms with Gasteiger partial charge in [-0.25, -0.2) is 0 Å². The summed E-state index contributed by atoms with van der Waals surface area (Å²) in [5.41, 5.74) is 0. The Labute approximate surface area is 444 Å². The molecule has 0 aliphatic rings. The van der Waals surface area contributed by atoms with E-state index in [1.165, 1.54) is 295 Å². The standard InChI is InChI=1S/C65H127NO5/c1-3-5-7-9-11-13-15-17-18-19-20-21-22-25-28-31-34-37-41-45-49-53-57-63(68)62(61-67)66-64(69)58-54-50-46-42-38-35-32-29-26-23-24-27-30-33-36-40-44-48-52-56-60-71-65(70)59-55-51-47-43-39-16-14-12-10-8-6-4-2/h23,26,62-63,67-68H,3-22,24-25,27-61H2,1-2H3,(H,66,69)/b26-23-. The van der Waals surface area contributed by atoms with Gasteiger partial charge in [0, 0.05) is 12.8 Å². The van der Waals surface area contributed by atoms with Gasteiger partial charge in [-0.15, -0.1) is 0 Å². The molecule has 0 saturated carbocycles. The van der Waals surface area contributed by atoms with Crippen molar-refractivity contribution in [2.75, 3.05) is 13.2 Å². The minimum Gasteiger partial charge on any atom is -0.466 e. The molecule has 0 radical (unpaired) electrons. The van der Waals surface area contributed by atoms with Crippen molar-refractivity contribution in [3.8, 4) is 0 Å². The molecule has 3 N–H and O–H groups in total. The molecule has 6 heteroatoms. The zero-order valence-corrected chi connectivity index (χ0v) is 48.2. The van der Waals surface area contributed by atoms with Crippen LogP contribution in [0.5, 0.6) is 0 Å². The van der Waals surface area contributed by atoms with E-state index in [9.17, 15) is 19.8 Å². The van der Waals surface area contributed by atoms with Gasteiger partial charge in [0.2, 0.25) is 5.91 Å². The van der Waals surface area contributed by atoms with Crippen LogP contribution in [-0.2, 0) is 14.3 Å². The van der Waals surface area contributed by atoms with Crippen LogP contribution in [0.2, 0.25) is 0 Å². The van der Waals surface area contributed by atoms with Gasteiger partial charge in [0.25, 0.3) is 0 Å². The van der Waals surface area contributed by atoms with E-state index in [-0.39, 0.29) is 18.5 Å². The van der Waals surface area contributed by atoms with E-state index in [0.29, 0.717) is 25.9 Å². The van der Waals surface area contributed by atoms with Crippen LogP contribution >= 0.6 is 0 Å². The zero-order chi connectivity index (χ0) is 51.4. The van der Waals surface area contributed by atoms with Crippen LogP contribution in [0.15, 0.2) is 12.2 Å². The number of nitrogens with one attached hydrogen (secondary N) is 1. The Hall–Kier alpha value is -1.40. The summed E-state index contributed by atoms with van der Waals surface area (Å²) in [7, 11) is 0. The van der Waals surface area contributed by atoms with E-state index < -0.39 is 12.1 Å². The topological polar surface area (TPSA) is 95.9 Å². The molecule has 0 saturated heterocycles. The first-order valence-electron chi connectivity index (χ1n) is 32.4. The molecule has 2 unspecified atom stereocenters. The number of hydrogen-bond acceptors (Lipinski definition) is 5. The number of carbonyl (C=O) groups excluding carboxylic acids is 2. The lowest BCUT2D eigenvalue weighted by molar-refractivity contribution is -0.143. The lowest BCUT2D eigenvalue weighted by atomic mass is 10.0. The van der Waals surface area contributed by atoms with Crippen molar-refractivity contribution < 1.29 is 24.5 Å². The van der Waals surface area contributed by atoms with Gasteiger partial charge in [-0.2, -0.15) is 0 Å². The summed E-state index contributed by atoms with van der Waals surface area (Å²) in [6.07, 6.45) is 73.7. The average Bonchev–Trinajstić information content (AvgIpc) is 3.37.